The van der Waals surface area contributed by atoms with Gasteiger partial charge in [0.25, 0.3) is 11.1 Å². The predicted molar refractivity (Wildman–Crippen MR) is 140 cm³/mol. The van der Waals surface area contributed by atoms with Gasteiger partial charge < -0.3 is 24.7 Å². The number of cyclic esters (lactones) is 1. The van der Waals surface area contributed by atoms with Gasteiger partial charge in [0.1, 0.15) is 11.9 Å². The first-order valence-electron chi connectivity index (χ1n) is 12.1. The lowest BCUT2D eigenvalue weighted by molar-refractivity contribution is 0.0715. The molecule has 3 aromatic rings. The molecule has 3 amide bonds. The van der Waals surface area contributed by atoms with Crippen LogP contribution in [0.5, 0.6) is 0 Å². The summed E-state index contributed by atoms with van der Waals surface area (Å²) in [6, 6.07) is 9.07. The monoisotopic (exact) mass is 544 g/mol. The Labute approximate surface area is 221 Å². The van der Waals surface area contributed by atoms with Crippen molar-refractivity contribution in [3.63, 3.8) is 0 Å². The van der Waals surface area contributed by atoms with Crippen LogP contribution in [0.2, 0.25) is 0 Å². The Morgan fingerprint density at radius 2 is 1.84 bits per heavy atom. The Hall–Kier alpha value is -3.80. The second-order valence-electron chi connectivity index (χ2n) is 9.26. The first-order valence-corrected chi connectivity index (χ1v) is 13.0. The second kappa shape index (κ2) is 10.2. The lowest BCUT2D eigenvalue weighted by Gasteiger charge is -2.36. The molecule has 2 fully saturated rings. The highest BCUT2D eigenvalue weighted by molar-refractivity contribution is 8.14. The van der Waals surface area contributed by atoms with Crippen molar-refractivity contribution in [1.29, 1.82) is 0 Å². The van der Waals surface area contributed by atoms with Gasteiger partial charge in [-0.1, -0.05) is 23.9 Å². The number of piperazine rings is 1. The summed E-state index contributed by atoms with van der Waals surface area (Å²) >= 11 is 0.882. The molecule has 2 aliphatic rings. The smallest absolute Gasteiger partial charge is 0.414 e. The molecule has 2 atom stereocenters. The average molecular weight is 545 g/mol. The summed E-state index contributed by atoms with van der Waals surface area (Å²) < 4.78 is 40.2. The van der Waals surface area contributed by atoms with Gasteiger partial charge in [-0.3, -0.25) is 14.5 Å². The Morgan fingerprint density at radius 1 is 1.11 bits per heavy atom. The number of amides is 3. The molecule has 1 unspecified atom stereocenters. The highest BCUT2D eigenvalue weighted by Gasteiger charge is 2.37. The van der Waals surface area contributed by atoms with Crippen LogP contribution in [0.3, 0.4) is 0 Å². The van der Waals surface area contributed by atoms with Crippen LogP contribution in [0.15, 0.2) is 40.8 Å². The number of carbonyl (C=O) groups excluding carboxylic acids is 3. The SMILES string of the molecule is Cc1c(C(=O)N2CCN(c3ccc(N4CC([C@H](C)SC(N)=O)OC4=O)cc3F)CC2)oc2c(F)cccc12. The molecule has 2 aromatic carbocycles. The van der Waals surface area contributed by atoms with Crippen LogP contribution in [0.25, 0.3) is 11.0 Å². The Kier molecular flexibility index (Phi) is 6.91. The van der Waals surface area contributed by atoms with Crippen LogP contribution in [0.1, 0.15) is 23.0 Å². The summed E-state index contributed by atoms with van der Waals surface area (Å²) in [4.78, 5) is 41.4. The molecule has 200 valence electrons. The maximum absolute atomic E-state index is 15.2. The molecule has 1 aromatic heterocycles. The first kappa shape index (κ1) is 25.8. The summed E-state index contributed by atoms with van der Waals surface area (Å²) in [7, 11) is 0. The largest absolute Gasteiger partial charge is 0.448 e. The molecule has 3 heterocycles. The van der Waals surface area contributed by atoms with Gasteiger partial charge in [-0.25, -0.2) is 13.6 Å². The van der Waals surface area contributed by atoms with Gasteiger partial charge in [0.05, 0.1) is 23.2 Å². The zero-order chi connectivity index (χ0) is 27.1. The summed E-state index contributed by atoms with van der Waals surface area (Å²) in [5.74, 6) is -1.26. The molecule has 12 heteroatoms. The van der Waals surface area contributed by atoms with E-state index >= 15 is 4.39 Å². The molecule has 0 saturated carbocycles. The number of aryl methyl sites for hydroxylation is 1. The molecule has 2 aliphatic heterocycles. The quantitative estimate of drug-likeness (QED) is 0.504. The average Bonchev–Trinajstić information content (AvgIpc) is 3.44. The summed E-state index contributed by atoms with van der Waals surface area (Å²) in [5, 5.41) is -0.346. The van der Waals surface area contributed by atoms with E-state index in [1.165, 1.54) is 17.0 Å². The summed E-state index contributed by atoms with van der Waals surface area (Å²) in [5.41, 5.74) is 6.54. The van der Waals surface area contributed by atoms with Gasteiger partial charge in [0.15, 0.2) is 17.2 Å². The number of ether oxygens (including phenoxy) is 1. The van der Waals surface area contributed by atoms with Crippen molar-refractivity contribution in [2.24, 2.45) is 5.73 Å². The van der Waals surface area contributed by atoms with Crippen LogP contribution < -0.4 is 15.5 Å². The number of para-hydroxylation sites is 1. The van der Waals surface area contributed by atoms with Crippen molar-refractivity contribution in [2.75, 3.05) is 42.5 Å². The molecular formula is C26H26F2N4O5S. The number of thioether (sulfide) groups is 1. The van der Waals surface area contributed by atoms with Crippen molar-refractivity contribution in [3.05, 3.63) is 59.4 Å². The van der Waals surface area contributed by atoms with E-state index in [0.717, 1.165) is 11.8 Å². The molecule has 2 N–H and O–H groups in total. The number of halogens is 2. The van der Waals surface area contributed by atoms with Crippen molar-refractivity contribution in [1.82, 2.24) is 4.90 Å². The van der Waals surface area contributed by atoms with E-state index < -0.39 is 29.1 Å². The van der Waals surface area contributed by atoms with E-state index in [1.807, 2.05) is 4.90 Å². The minimum absolute atomic E-state index is 0.0587. The highest BCUT2D eigenvalue weighted by atomic mass is 32.2. The summed E-state index contributed by atoms with van der Waals surface area (Å²) in [6.07, 6.45) is -1.17. The minimum atomic E-state index is -0.619. The Bertz CT molecular complexity index is 1420. The van der Waals surface area contributed by atoms with E-state index in [2.05, 4.69) is 0 Å². The third-order valence-electron chi connectivity index (χ3n) is 6.92. The third-order valence-corrected chi connectivity index (χ3v) is 7.83. The number of nitrogens with two attached hydrogens (primary N) is 1. The van der Waals surface area contributed by atoms with Gasteiger partial charge >= 0.3 is 6.09 Å². The van der Waals surface area contributed by atoms with Gasteiger partial charge in [0.2, 0.25) is 0 Å². The van der Waals surface area contributed by atoms with Crippen LogP contribution in [-0.4, -0.2) is 66.2 Å². The van der Waals surface area contributed by atoms with Crippen LogP contribution in [0, 0.1) is 18.6 Å². The van der Waals surface area contributed by atoms with E-state index in [4.69, 9.17) is 14.9 Å². The molecule has 5 rings (SSSR count). The van der Waals surface area contributed by atoms with Gasteiger partial charge in [-0.15, -0.1) is 0 Å². The number of nitrogens with zero attached hydrogens (tertiary/aromatic N) is 3. The fourth-order valence-electron chi connectivity index (χ4n) is 4.83. The Balaban J connectivity index is 1.24. The second-order valence-corrected chi connectivity index (χ2v) is 10.6. The lowest BCUT2D eigenvalue weighted by Crippen LogP contribution is -2.49. The molecule has 0 aliphatic carbocycles. The zero-order valence-corrected chi connectivity index (χ0v) is 21.6. The number of carbonyl (C=O) groups is 3. The third kappa shape index (κ3) is 4.75. The molecule has 38 heavy (non-hydrogen) atoms. The van der Waals surface area contributed by atoms with E-state index in [-0.39, 0.29) is 29.0 Å². The van der Waals surface area contributed by atoms with Crippen LogP contribution >= 0.6 is 11.8 Å². The number of anilines is 2. The van der Waals surface area contributed by atoms with Crippen LogP contribution in [-0.2, 0) is 4.74 Å². The standard InChI is InChI=1S/C26H26F2N4O5S/c1-14-17-4-3-5-18(27)23(17)37-22(14)24(33)31-10-8-30(9-11-31)20-7-6-16(12-19(20)28)32-13-21(36-26(32)35)15(2)38-25(29)34/h3-7,12,15,21H,8-11,13H2,1-2H3,(H2,29,34)/t15-,21?/m0/s1. The lowest BCUT2D eigenvalue weighted by atomic mass is 10.1. The van der Waals surface area contributed by atoms with Crippen molar-refractivity contribution < 1.29 is 32.3 Å². The number of primary amides is 1. The highest BCUT2D eigenvalue weighted by Crippen LogP contribution is 2.32. The number of benzene rings is 2. The maximum atomic E-state index is 15.2. The van der Waals surface area contributed by atoms with Gasteiger partial charge in [0, 0.05) is 37.1 Å². The fraction of sp³-hybridized carbons (Fsp3) is 0.346. The first-order chi connectivity index (χ1) is 18.1. The van der Waals surface area contributed by atoms with Gasteiger partial charge in [-0.05, 0) is 38.1 Å². The normalized spacial score (nSPS) is 18.7. The molecule has 0 spiro atoms. The van der Waals surface area contributed by atoms with E-state index in [9.17, 15) is 18.8 Å². The number of furan rings is 1. The maximum Gasteiger partial charge on any atom is 0.414 e. The van der Waals surface area contributed by atoms with Gasteiger partial charge in [-0.2, -0.15) is 0 Å². The molecular weight excluding hydrogens is 518 g/mol. The fourth-order valence-corrected chi connectivity index (χ4v) is 5.49. The summed E-state index contributed by atoms with van der Waals surface area (Å²) in [6.45, 7) is 5.05. The minimum Gasteiger partial charge on any atom is -0.448 e. The number of hydrogen-bond acceptors (Lipinski definition) is 7. The molecule has 0 bridgehead atoms. The molecule has 2 saturated heterocycles. The Morgan fingerprint density at radius 3 is 2.50 bits per heavy atom. The number of hydrogen-bond donors (Lipinski definition) is 1. The van der Waals surface area contributed by atoms with E-state index in [0.29, 0.717) is 48.5 Å². The molecule has 0 radical (unpaired) electrons. The molecule has 9 nitrogen and oxygen atoms in total. The topological polar surface area (TPSA) is 109 Å². The zero-order valence-electron chi connectivity index (χ0n) is 20.8. The van der Waals surface area contributed by atoms with Crippen molar-refractivity contribution in [3.8, 4) is 0 Å². The number of fused-ring (bicyclic) bond motifs is 1. The number of rotatable bonds is 5. The van der Waals surface area contributed by atoms with E-state index in [1.54, 1.807) is 43.0 Å². The van der Waals surface area contributed by atoms with Crippen LogP contribution in [0.4, 0.5) is 29.7 Å². The van der Waals surface area contributed by atoms with Crippen molar-refractivity contribution >= 4 is 51.3 Å². The predicted octanol–water partition coefficient (Wildman–Crippen LogP) is 4.51. The van der Waals surface area contributed by atoms with Crippen molar-refractivity contribution in [2.45, 2.75) is 25.2 Å².